The van der Waals surface area contributed by atoms with Crippen molar-refractivity contribution in [3.05, 3.63) is 33.9 Å². The van der Waals surface area contributed by atoms with E-state index < -0.39 is 99.8 Å². The maximum absolute atomic E-state index is 17.5. The predicted molar refractivity (Wildman–Crippen MR) is 148 cm³/mol. The van der Waals surface area contributed by atoms with Gasteiger partial charge < -0.3 is 29.5 Å². The molecule has 13 nitrogen and oxygen atoms in total. The number of halogens is 2. The lowest BCUT2D eigenvalue weighted by molar-refractivity contribution is -0.757. The quantitative estimate of drug-likeness (QED) is 0.154. The fraction of sp³-hybridized carbons (Fsp3) is 0.733. The second-order valence-electron chi connectivity index (χ2n) is 13.5. The van der Waals surface area contributed by atoms with E-state index in [9.17, 15) is 34.4 Å². The first-order chi connectivity index (χ1) is 20.9. The molecule has 45 heavy (non-hydrogen) atoms. The van der Waals surface area contributed by atoms with Crippen LogP contribution in [0.1, 0.15) is 59.8 Å². The third-order valence-corrected chi connectivity index (χ3v) is 10.6. The summed E-state index contributed by atoms with van der Waals surface area (Å²) >= 11 is 0. The van der Waals surface area contributed by atoms with Gasteiger partial charge >= 0.3 is 5.97 Å². The molecule has 0 spiro atoms. The van der Waals surface area contributed by atoms with E-state index in [1.54, 1.807) is 20.8 Å². The van der Waals surface area contributed by atoms with Crippen LogP contribution >= 0.6 is 0 Å². The Morgan fingerprint density at radius 3 is 2.60 bits per heavy atom. The molecule has 1 saturated heterocycles. The average Bonchev–Trinajstić information content (AvgIpc) is 3.36. The highest BCUT2D eigenvalue weighted by molar-refractivity contribution is 6.01. The van der Waals surface area contributed by atoms with Gasteiger partial charge in [-0.05, 0) is 70.1 Å². The van der Waals surface area contributed by atoms with Crippen molar-refractivity contribution >= 4 is 23.4 Å². The number of nitrogens with one attached hydrogen (secondary N) is 1. The molecule has 15 heteroatoms. The summed E-state index contributed by atoms with van der Waals surface area (Å²) in [4.78, 5) is 64.8. The van der Waals surface area contributed by atoms with Crippen molar-refractivity contribution in [2.24, 2.45) is 22.7 Å². The molecule has 5 rings (SSSR count). The van der Waals surface area contributed by atoms with Crippen molar-refractivity contribution in [2.45, 2.75) is 95.2 Å². The zero-order valence-corrected chi connectivity index (χ0v) is 25.5. The van der Waals surface area contributed by atoms with Crippen LogP contribution in [0.3, 0.4) is 0 Å². The maximum atomic E-state index is 17.5. The molecule has 9 atom stereocenters. The van der Waals surface area contributed by atoms with Crippen LogP contribution < -0.4 is 5.32 Å². The maximum Gasteiger partial charge on any atom is 0.325 e. The lowest BCUT2D eigenvalue weighted by Gasteiger charge is -2.63. The molecule has 0 unspecified atom stereocenters. The normalized spacial score (nSPS) is 40.7. The minimum Gasteiger partial charge on any atom is -0.456 e. The zero-order valence-electron chi connectivity index (χ0n) is 25.5. The van der Waals surface area contributed by atoms with E-state index in [-0.39, 0.29) is 44.3 Å². The number of aliphatic hydroxyl groups excluding tert-OH is 1. The van der Waals surface area contributed by atoms with Crippen LogP contribution in [0.25, 0.3) is 0 Å². The molecule has 1 amide bonds. The van der Waals surface area contributed by atoms with Crippen LogP contribution in [0.15, 0.2) is 23.8 Å². The second-order valence-corrected chi connectivity index (χ2v) is 13.5. The molecule has 0 aromatic heterocycles. The molecule has 0 aromatic rings. The standard InChI is InChI=1S/C30H38F2N2O11/c1-26(2)44-23-12-17-18-11-20(31)19-10-16(35)7-8-27(19,3)29(18,32)21(36)13-28(17,4)30(23,45-26)22(37)15-42-25(39)14-33-24(38)6-5-9-43-34(40)41/h7-8,10,17-18,20-21,23,36H,5-6,9,11-15H2,1-4H3,(H,33,38)/t17-,18-,20-,21-,23+,27-,28-,29-,30-/m0/s1. The molecule has 0 radical (unpaired) electrons. The van der Waals surface area contributed by atoms with Gasteiger partial charge in [-0.3, -0.25) is 19.2 Å². The number of alkyl halides is 2. The molecule has 1 aliphatic heterocycles. The fourth-order valence-electron chi connectivity index (χ4n) is 8.74. The van der Waals surface area contributed by atoms with Crippen molar-refractivity contribution < 1.29 is 57.2 Å². The molecule has 0 bridgehead atoms. The number of esters is 1. The van der Waals surface area contributed by atoms with Gasteiger partial charge in [0, 0.05) is 23.2 Å². The summed E-state index contributed by atoms with van der Waals surface area (Å²) in [5.74, 6) is -5.67. The van der Waals surface area contributed by atoms with Crippen molar-refractivity contribution in [2.75, 3.05) is 19.8 Å². The number of ether oxygens (including phenoxy) is 3. The molecule has 0 aromatic carbocycles. The Morgan fingerprint density at radius 2 is 1.91 bits per heavy atom. The minimum atomic E-state index is -2.36. The number of carbonyl (C=O) groups excluding carboxylic acids is 4. The van der Waals surface area contributed by atoms with Gasteiger partial charge in [-0.25, -0.2) is 8.78 Å². The number of Topliss-reactive ketones (excluding diaryl/α,β-unsaturated/α-hetero) is 1. The number of amides is 1. The smallest absolute Gasteiger partial charge is 0.325 e. The first-order valence-corrected chi connectivity index (χ1v) is 15.0. The topological polar surface area (TPSA) is 181 Å². The average molecular weight is 641 g/mol. The first-order valence-electron chi connectivity index (χ1n) is 15.0. The van der Waals surface area contributed by atoms with E-state index in [4.69, 9.17) is 14.2 Å². The Hall–Kier alpha value is -3.30. The predicted octanol–water partition coefficient (Wildman–Crippen LogP) is 2.02. The number of aliphatic hydroxyl groups is 1. The lowest BCUT2D eigenvalue weighted by atomic mass is 9.44. The Bertz CT molecular complexity index is 1370. The molecular formula is C30H38F2N2O11. The molecule has 4 aliphatic carbocycles. The fourth-order valence-corrected chi connectivity index (χ4v) is 8.74. The van der Waals surface area contributed by atoms with Gasteiger partial charge in [0.2, 0.25) is 11.7 Å². The van der Waals surface area contributed by atoms with E-state index >= 15 is 8.78 Å². The second kappa shape index (κ2) is 11.2. The SMILES string of the molecule is CC1(C)O[C@@H]2C[C@H]3[C@@H]4C[C@H](F)C5=CC(=O)C=C[C@]5(C)[C@@]4(F)[C@@H](O)C[C@]3(C)[C@@]2(C(=O)COC(=O)CNC(=O)CCCO[N+](=O)[O-])O1. The summed E-state index contributed by atoms with van der Waals surface area (Å²) in [5, 5.41) is 23.1. The van der Waals surface area contributed by atoms with Gasteiger partial charge in [0.25, 0.3) is 5.09 Å². The largest absolute Gasteiger partial charge is 0.456 e. The van der Waals surface area contributed by atoms with Gasteiger partial charge in [-0.1, -0.05) is 13.0 Å². The highest BCUT2D eigenvalue weighted by Crippen LogP contribution is 2.72. The highest BCUT2D eigenvalue weighted by atomic mass is 19.1. The number of carbonyl (C=O) groups is 4. The van der Waals surface area contributed by atoms with Crippen molar-refractivity contribution in [3.8, 4) is 0 Å². The van der Waals surface area contributed by atoms with Crippen LogP contribution in [0.4, 0.5) is 8.78 Å². The van der Waals surface area contributed by atoms with Crippen LogP contribution in [-0.4, -0.2) is 88.8 Å². The molecule has 5 aliphatic rings. The number of allylic oxidation sites excluding steroid dienone is 4. The molecule has 248 valence electrons. The van der Waals surface area contributed by atoms with Crippen molar-refractivity contribution in [1.29, 1.82) is 0 Å². The number of nitrogens with zero attached hydrogens (tertiary/aromatic N) is 1. The first kappa shape index (κ1) is 33.1. The van der Waals surface area contributed by atoms with Crippen LogP contribution in [-0.2, 0) is 38.2 Å². The summed E-state index contributed by atoms with van der Waals surface area (Å²) in [6.07, 6.45) is -1.19. The van der Waals surface area contributed by atoms with Crippen molar-refractivity contribution in [1.82, 2.24) is 5.32 Å². The molecule has 4 fully saturated rings. The van der Waals surface area contributed by atoms with E-state index in [0.29, 0.717) is 0 Å². The molecule has 1 heterocycles. The Balaban J connectivity index is 1.34. The van der Waals surface area contributed by atoms with Gasteiger partial charge in [-0.2, -0.15) is 0 Å². The van der Waals surface area contributed by atoms with Gasteiger partial charge in [0.1, 0.15) is 12.7 Å². The Labute approximate surface area is 257 Å². The zero-order chi connectivity index (χ0) is 33.2. The van der Waals surface area contributed by atoms with Gasteiger partial charge in [0.15, 0.2) is 29.4 Å². The number of hydrogen-bond donors (Lipinski definition) is 2. The summed E-state index contributed by atoms with van der Waals surface area (Å²) in [7, 11) is 0. The minimum absolute atomic E-state index is 0.0158. The third-order valence-electron chi connectivity index (χ3n) is 10.6. The van der Waals surface area contributed by atoms with Gasteiger partial charge in [0.05, 0.1) is 18.8 Å². The van der Waals surface area contributed by atoms with Crippen LogP contribution in [0.5, 0.6) is 0 Å². The summed E-state index contributed by atoms with van der Waals surface area (Å²) in [6, 6.07) is 0. The van der Waals surface area contributed by atoms with E-state index in [1.165, 1.54) is 19.1 Å². The number of rotatable bonds is 10. The molecule has 2 N–H and O–H groups in total. The van der Waals surface area contributed by atoms with Crippen LogP contribution in [0, 0.1) is 32.8 Å². The number of hydrogen-bond acceptors (Lipinski definition) is 11. The number of fused-ring (bicyclic) bond motifs is 7. The highest BCUT2D eigenvalue weighted by Gasteiger charge is 2.80. The summed E-state index contributed by atoms with van der Waals surface area (Å²) in [6.45, 7) is 4.75. The number of ketones is 2. The van der Waals surface area contributed by atoms with E-state index in [0.717, 1.165) is 6.08 Å². The van der Waals surface area contributed by atoms with E-state index in [1.807, 2.05) is 0 Å². The Morgan fingerprint density at radius 1 is 1.20 bits per heavy atom. The lowest BCUT2D eigenvalue weighted by Crippen LogP contribution is -2.71. The van der Waals surface area contributed by atoms with Crippen LogP contribution in [0.2, 0.25) is 0 Å². The Kier molecular flexibility index (Phi) is 8.23. The summed E-state index contributed by atoms with van der Waals surface area (Å²) < 4.78 is 51.0. The molecular weight excluding hydrogens is 602 g/mol. The van der Waals surface area contributed by atoms with Gasteiger partial charge in [-0.15, -0.1) is 10.1 Å². The molecule has 3 saturated carbocycles. The monoisotopic (exact) mass is 640 g/mol. The van der Waals surface area contributed by atoms with Crippen molar-refractivity contribution in [3.63, 3.8) is 0 Å². The third kappa shape index (κ3) is 5.07. The van der Waals surface area contributed by atoms with E-state index in [2.05, 4.69) is 10.2 Å². The summed E-state index contributed by atoms with van der Waals surface area (Å²) in [5.41, 5.74) is -7.01.